The van der Waals surface area contributed by atoms with E-state index in [1.165, 1.54) is 18.2 Å². The van der Waals surface area contributed by atoms with Crippen molar-refractivity contribution in [3.05, 3.63) is 23.8 Å². The fraction of sp³-hybridized carbons (Fsp3) is 0.417. The molecular formula is C12H18N2O5S. The molecule has 1 rings (SSSR count). The number of hydrogen-bond acceptors (Lipinski definition) is 6. The van der Waals surface area contributed by atoms with Crippen LogP contribution in [0.1, 0.15) is 23.2 Å². The van der Waals surface area contributed by atoms with Gasteiger partial charge >= 0.3 is 5.97 Å². The molecule has 0 unspecified atom stereocenters. The Morgan fingerprint density at radius 3 is 2.70 bits per heavy atom. The molecule has 4 N–H and O–H groups in total. The first kappa shape index (κ1) is 16.4. The van der Waals surface area contributed by atoms with Gasteiger partial charge in [0.15, 0.2) is 0 Å². The number of unbranched alkanes of at least 4 members (excludes halogenated alkanes) is 1. The number of rotatable bonds is 7. The number of esters is 1. The Bertz CT molecular complexity index is 571. The van der Waals surface area contributed by atoms with Crippen LogP contribution in [0.4, 0.5) is 5.69 Å². The second kappa shape index (κ2) is 7.22. The van der Waals surface area contributed by atoms with Gasteiger partial charge in [-0.15, -0.1) is 0 Å². The molecule has 0 aliphatic carbocycles. The van der Waals surface area contributed by atoms with Gasteiger partial charge in [0.05, 0.1) is 17.6 Å². The molecule has 0 spiro atoms. The predicted molar refractivity (Wildman–Crippen MR) is 73.7 cm³/mol. The lowest BCUT2D eigenvalue weighted by Crippen LogP contribution is -2.27. The topological polar surface area (TPSA) is 119 Å². The standard InChI is InChI=1S/C12H18N2O5S/c1-19-12(16)10-8-9(13)4-5-11(10)20(17,18)14-6-2-3-7-15/h4-5,8,14-15H,2-3,6-7,13H2,1H3. The number of ether oxygens (including phenoxy) is 1. The van der Waals surface area contributed by atoms with E-state index in [1.807, 2.05) is 0 Å². The zero-order chi connectivity index (χ0) is 15.2. The molecule has 0 fully saturated rings. The zero-order valence-corrected chi connectivity index (χ0v) is 11.9. The first-order valence-electron chi connectivity index (χ1n) is 6.00. The van der Waals surface area contributed by atoms with Gasteiger partial charge < -0.3 is 15.6 Å². The molecule has 0 aromatic heterocycles. The maximum Gasteiger partial charge on any atom is 0.339 e. The first-order chi connectivity index (χ1) is 9.42. The van der Waals surface area contributed by atoms with Gasteiger partial charge in [0.1, 0.15) is 0 Å². The van der Waals surface area contributed by atoms with Crippen molar-refractivity contribution in [3.63, 3.8) is 0 Å². The molecule has 20 heavy (non-hydrogen) atoms. The fourth-order valence-electron chi connectivity index (χ4n) is 1.57. The van der Waals surface area contributed by atoms with Crippen molar-refractivity contribution in [2.75, 3.05) is 26.0 Å². The van der Waals surface area contributed by atoms with Crippen LogP contribution in [0.25, 0.3) is 0 Å². The lowest BCUT2D eigenvalue weighted by atomic mass is 10.2. The maximum atomic E-state index is 12.1. The third kappa shape index (κ3) is 4.19. The second-order valence-electron chi connectivity index (χ2n) is 4.08. The number of nitrogens with one attached hydrogen (secondary N) is 1. The van der Waals surface area contributed by atoms with Crippen molar-refractivity contribution >= 4 is 21.7 Å². The van der Waals surface area contributed by atoms with Crippen molar-refractivity contribution in [1.82, 2.24) is 4.72 Å². The van der Waals surface area contributed by atoms with Crippen LogP contribution in [0.2, 0.25) is 0 Å². The first-order valence-corrected chi connectivity index (χ1v) is 7.49. The fourth-order valence-corrected chi connectivity index (χ4v) is 2.82. The van der Waals surface area contributed by atoms with E-state index in [0.717, 1.165) is 7.11 Å². The highest BCUT2D eigenvalue weighted by Gasteiger charge is 2.22. The van der Waals surface area contributed by atoms with Crippen LogP contribution in [-0.2, 0) is 14.8 Å². The average Bonchev–Trinajstić information content (AvgIpc) is 2.42. The van der Waals surface area contributed by atoms with Gasteiger partial charge in [-0.1, -0.05) is 0 Å². The van der Waals surface area contributed by atoms with Crippen LogP contribution in [0.3, 0.4) is 0 Å². The predicted octanol–water partition coefficient (Wildman–Crippen LogP) is 0.106. The van der Waals surface area contributed by atoms with Crippen LogP contribution >= 0.6 is 0 Å². The number of hydrogen-bond donors (Lipinski definition) is 3. The largest absolute Gasteiger partial charge is 0.465 e. The van der Waals surface area contributed by atoms with Gasteiger partial charge in [-0.3, -0.25) is 0 Å². The molecule has 1 aromatic carbocycles. The molecule has 0 radical (unpaired) electrons. The van der Waals surface area contributed by atoms with E-state index >= 15 is 0 Å². The quantitative estimate of drug-likeness (QED) is 0.373. The number of carbonyl (C=O) groups excluding carboxylic acids is 1. The summed E-state index contributed by atoms with van der Waals surface area (Å²) in [5.74, 6) is -0.770. The highest BCUT2D eigenvalue weighted by molar-refractivity contribution is 7.89. The summed E-state index contributed by atoms with van der Waals surface area (Å²) in [7, 11) is -2.67. The van der Waals surface area contributed by atoms with Crippen LogP contribution in [0.5, 0.6) is 0 Å². The number of aliphatic hydroxyl groups excluding tert-OH is 1. The van der Waals surface area contributed by atoms with Gasteiger partial charge in [0, 0.05) is 18.8 Å². The minimum absolute atomic E-state index is 0.00297. The number of benzene rings is 1. The number of nitrogen functional groups attached to an aromatic ring is 1. The molecule has 0 saturated heterocycles. The number of nitrogens with two attached hydrogens (primary N) is 1. The van der Waals surface area contributed by atoms with E-state index < -0.39 is 16.0 Å². The molecule has 0 bridgehead atoms. The van der Waals surface area contributed by atoms with Crippen molar-refractivity contribution < 1.29 is 23.1 Å². The van der Waals surface area contributed by atoms with E-state index in [9.17, 15) is 13.2 Å². The van der Waals surface area contributed by atoms with E-state index in [4.69, 9.17) is 10.8 Å². The molecule has 0 atom stereocenters. The number of carbonyl (C=O) groups is 1. The smallest absolute Gasteiger partial charge is 0.339 e. The monoisotopic (exact) mass is 302 g/mol. The molecule has 8 heteroatoms. The lowest BCUT2D eigenvalue weighted by Gasteiger charge is -2.11. The van der Waals surface area contributed by atoms with Crippen molar-refractivity contribution in [1.29, 1.82) is 0 Å². The van der Waals surface area contributed by atoms with E-state index in [2.05, 4.69) is 9.46 Å². The molecule has 0 saturated carbocycles. The number of sulfonamides is 1. The van der Waals surface area contributed by atoms with Gasteiger partial charge in [-0.2, -0.15) is 0 Å². The van der Waals surface area contributed by atoms with Gasteiger partial charge in [-0.25, -0.2) is 17.9 Å². The van der Waals surface area contributed by atoms with Gasteiger partial charge in [0.2, 0.25) is 10.0 Å². The minimum atomic E-state index is -3.83. The van der Waals surface area contributed by atoms with Crippen molar-refractivity contribution in [3.8, 4) is 0 Å². The molecule has 0 heterocycles. The number of aliphatic hydroxyl groups is 1. The minimum Gasteiger partial charge on any atom is -0.465 e. The summed E-state index contributed by atoms with van der Waals surface area (Å²) in [4.78, 5) is 11.4. The average molecular weight is 302 g/mol. The van der Waals surface area contributed by atoms with Gasteiger partial charge in [-0.05, 0) is 31.0 Å². The Morgan fingerprint density at radius 2 is 2.10 bits per heavy atom. The lowest BCUT2D eigenvalue weighted by molar-refractivity contribution is 0.0596. The highest BCUT2D eigenvalue weighted by Crippen LogP contribution is 2.19. The molecule has 7 nitrogen and oxygen atoms in total. The van der Waals surface area contributed by atoms with Crippen LogP contribution in [0.15, 0.2) is 23.1 Å². The summed E-state index contributed by atoms with van der Waals surface area (Å²) in [5.41, 5.74) is 5.71. The van der Waals surface area contributed by atoms with E-state index in [0.29, 0.717) is 12.8 Å². The third-order valence-corrected chi connectivity index (χ3v) is 4.09. The molecule has 0 aliphatic heterocycles. The van der Waals surface area contributed by atoms with Gasteiger partial charge in [0.25, 0.3) is 0 Å². The molecular weight excluding hydrogens is 284 g/mol. The number of anilines is 1. The van der Waals surface area contributed by atoms with E-state index in [1.54, 1.807) is 0 Å². The normalized spacial score (nSPS) is 11.3. The highest BCUT2D eigenvalue weighted by atomic mass is 32.2. The van der Waals surface area contributed by atoms with Crippen molar-refractivity contribution in [2.24, 2.45) is 0 Å². The Balaban J connectivity index is 3.02. The SMILES string of the molecule is COC(=O)c1cc(N)ccc1S(=O)(=O)NCCCCO. The summed E-state index contributed by atoms with van der Waals surface area (Å²) in [6, 6.07) is 3.92. The van der Waals surface area contributed by atoms with Crippen LogP contribution in [0, 0.1) is 0 Å². The zero-order valence-electron chi connectivity index (χ0n) is 11.1. The summed E-state index contributed by atoms with van der Waals surface area (Å²) < 4.78 is 31.2. The Labute approximate surface area is 117 Å². The summed E-state index contributed by atoms with van der Waals surface area (Å²) >= 11 is 0. The van der Waals surface area contributed by atoms with E-state index in [-0.39, 0.29) is 29.3 Å². The van der Waals surface area contributed by atoms with Crippen LogP contribution in [-0.4, -0.2) is 39.8 Å². The summed E-state index contributed by atoms with van der Waals surface area (Å²) in [6.45, 7) is 0.172. The summed E-state index contributed by atoms with van der Waals surface area (Å²) in [6.07, 6.45) is 0.992. The summed E-state index contributed by atoms with van der Waals surface area (Å²) in [5, 5.41) is 8.64. The molecule has 1 aromatic rings. The second-order valence-corrected chi connectivity index (χ2v) is 5.81. The maximum absolute atomic E-state index is 12.1. The third-order valence-electron chi connectivity index (χ3n) is 2.58. The molecule has 0 amide bonds. The molecule has 112 valence electrons. The van der Waals surface area contributed by atoms with Crippen LogP contribution < -0.4 is 10.5 Å². The Morgan fingerprint density at radius 1 is 1.40 bits per heavy atom. The number of methoxy groups -OCH3 is 1. The Kier molecular flexibility index (Phi) is 5.93. The van der Waals surface area contributed by atoms with Crippen molar-refractivity contribution in [2.45, 2.75) is 17.7 Å². The Hall–Kier alpha value is -1.64. The molecule has 0 aliphatic rings.